The van der Waals surface area contributed by atoms with E-state index in [0.29, 0.717) is 0 Å². The van der Waals surface area contributed by atoms with Crippen molar-refractivity contribution >= 4 is 0 Å². The van der Waals surface area contributed by atoms with Crippen LogP contribution in [0.1, 0.15) is 58.8 Å². The molecule has 0 aliphatic heterocycles. The molecule has 2 fully saturated rings. The maximum atomic E-state index is 2.42. The second-order valence-electron chi connectivity index (χ2n) is 5.20. The molecule has 0 nitrogen and oxygen atoms in total. The summed E-state index contributed by atoms with van der Waals surface area (Å²) in [5, 5.41) is 0. The fourth-order valence-electron chi connectivity index (χ4n) is 3.05. The molecule has 0 aromatic heterocycles. The average molecular weight is 166 g/mol. The summed E-state index contributed by atoms with van der Waals surface area (Å²) in [4.78, 5) is 0. The molecule has 0 saturated heterocycles. The van der Waals surface area contributed by atoms with E-state index in [1.165, 1.54) is 19.3 Å². The molecule has 2 unspecified atom stereocenters. The highest BCUT2D eigenvalue weighted by molar-refractivity contribution is 5.02. The Labute approximate surface area is 76.7 Å². The Morgan fingerprint density at radius 3 is 2.67 bits per heavy atom. The maximum Gasteiger partial charge on any atom is -0.0269 e. The lowest BCUT2D eigenvalue weighted by atomic mass is 9.84. The fraction of sp³-hybridized carbons (Fsp3) is 1.00. The molecule has 2 saturated carbocycles. The Bertz CT molecular complexity index is 155. The van der Waals surface area contributed by atoms with Crippen molar-refractivity contribution in [1.29, 1.82) is 0 Å². The summed E-state index contributed by atoms with van der Waals surface area (Å²) in [6.07, 6.45) is 10.7. The van der Waals surface area contributed by atoms with Gasteiger partial charge in [-0.15, -0.1) is 0 Å². The summed E-state index contributed by atoms with van der Waals surface area (Å²) < 4.78 is 0. The molecule has 2 rings (SSSR count). The first-order chi connectivity index (χ1) is 5.77. The summed E-state index contributed by atoms with van der Waals surface area (Å²) in [6, 6.07) is 0. The molecule has 2 atom stereocenters. The van der Waals surface area contributed by atoms with E-state index in [2.05, 4.69) is 13.8 Å². The van der Waals surface area contributed by atoms with Crippen LogP contribution in [0.2, 0.25) is 0 Å². The second kappa shape index (κ2) is 3.05. The van der Waals surface area contributed by atoms with Crippen LogP contribution in [0.3, 0.4) is 0 Å². The van der Waals surface area contributed by atoms with Gasteiger partial charge in [0.25, 0.3) is 0 Å². The molecule has 0 amide bonds. The molecule has 0 aromatic carbocycles. The van der Waals surface area contributed by atoms with Crippen molar-refractivity contribution in [3.8, 4) is 0 Å². The van der Waals surface area contributed by atoms with Gasteiger partial charge in [-0.2, -0.15) is 0 Å². The SMILES string of the molecule is CCC(C)CC1CCCC12CC2. The lowest BCUT2D eigenvalue weighted by Gasteiger charge is -2.21. The standard InChI is InChI=1S/C12H22/c1-3-10(2)9-11-5-4-6-12(11)7-8-12/h10-11H,3-9H2,1-2H3. The van der Waals surface area contributed by atoms with Crippen LogP contribution in [0, 0.1) is 17.3 Å². The van der Waals surface area contributed by atoms with Crippen LogP contribution < -0.4 is 0 Å². The van der Waals surface area contributed by atoms with Crippen LogP contribution in [0.5, 0.6) is 0 Å². The molecule has 2 aliphatic carbocycles. The van der Waals surface area contributed by atoms with E-state index in [-0.39, 0.29) is 0 Å². The Hall–Kier alpha value is 0. The minimum Gasteiger partial charge on any atom is -0.0651 e. The van der Waals surface area contributed by atoms with Gasteiger partial charge in [0, 0.05) is 0 Å². The largest absolute Gasteiger partial charge is 0.0651 e. The summed E-state index contributed by atoms with van der Waals surface area (Å²) in [5.74, 6) is 2.10. The van der Waals surface area contributed by atoms with Crippen molar-refractivity contribution in [1.82, 2.24) is 0 Å². The van der Waals surface area contributed by atoms with Gasteiger partial charge in [-0.1, -0.05) is 26.7 Å². The van der Waals surface area contributed by atoms with Gasteiger partial charge in [-0.25, -0.2) is 0 Å². The van der Waals surface area contributed by atoms with Gasteiger partial charge >= 0.3 is 0 Å². The highest BCUT2D eigenvalue weighted by atomic mass is 14.6. The average Bonchev–Trinajstić information content (AvgIpc) is 2.73. The third-order valence-corrected chi connectivity index (χ3v) is 4.37. The Morgan fingerprint density at radius 1 is 1.33 bits per heavy atom. The fourth-order valence-corrected chi connectivity index (χ4v) is 3.05. The lowest BCUT2D eigenvalue weighted by molar-refractivity contribution is 0.291. The van der Waals surface area contributed by atoms with Crippen molar-refractivity contribution in [2.45, 2.75) is 58.8 Å². The van der Waals surface area contributed by atoms with E-state index in [0.717, 1.165) is 17.3 Å². The van der Waals surface area contributed by atoms with Crippen LogP contribution in [0.4, 0.5) is 0 Å². The lowest BCUT2D eigenvalue weighted by Crippen LogP contribution is -2.11. The van der Waals surface area contributed by atoms with Gasteiger partial charge in [0.1, 0.15) is 0 Å². The maximum absolute atomic E-state index is 2.42. The monoisotopic (exact) mass is 166 g/mol. The van der Waals surface area contributed by atoms with Crippen LogP contribution in [-0.4, -0.2) is 0 Å². The Kier molecular flexibility index (Phi) is 2.18. The highest BCUT2D eigenvalue weighted by Crippen LogP contribution is 2.62. The molecule has 0 N–H and O–H groups in total. The highest BCUT2D eigenvalue weighted by Gasteiger charge is 2.51. The number of hydrogen-bond donors (Lipinski definition) is 0. The predicted molar refractivity (Wildman–Crippen MR) is 53.1 cm³/mol. The zero-order valence-corrected chi connectivity index (χ0v) is 8.60. The van der Waals surface area contributed by atoms with Crippen LogP contribution >= 0.6 is 0 Å². The third kappa shape index (κ3) is 1.41. The molecule has 2 aliphatic rings. The van der Waals surface area contributed by atoms with Gasteiger partial charge in [0.05, 0.1) is 0 Å². The van der Waals surface area contributed by atoms with E-state index >= 15 is 0 Å². The summed E-state index contributed by atoms with van der Waals surface area (Å²) in [6.45, 7) is 4.76. The molecule has 0 bridgehead atoms. The van der Waals surface area contributed by atoms with Crippen LogP contribution in [0.25, 0.3) is 0 Å². The van der Waals surface area contributed by atoms with Crippen molar-refractivity contribution in [3.63, 3.8) is 0 Å². The number of rotatable bonds is 3. The van der Waals surface area contributed by atoms with E-state index in [9.17, 15) is 0 Å². The molecule has 0 radical (unpaired) electrons. The topological polar surface area (TPSA) is 0 Å². The summed E-state index contributed by atoms with van der Waals surface area (Å²) in [5.41, 5.74) is 0.892. The second-order valence-corrected chi connectivity index (χ2v) is 5.20. The predicted octanol–water partition coefficient (Wildman–Crippen LogP) is 4.00. The van der Waals surface area contributed by atoms with Crippen molar-refractivity contribution < 1.29 is 0 Å². The molecular formula is C12H22. The molecule has 0 heteroatoms. The molecule has 70 valence electrons. The van der Waals surface area contributed by atoms with E-state index in [1.54, 1.807) is 25.7 Å². The van der Waals surface area contributed by atoms with E-state index in [4.69, 9.17) is 0 Å². The molecular weight excluding hydrogens is 144 g/mol. The van der Waals surface area contributed by atoms with Crippen molar-refractivity contribution in [2.75, 3.05) is 0 Å². The molecule has 1 spiro atoms. The molecule has 0 aromatic rings. The molecule has 0 heterocycles. The van der Waals surface area contributed by atoms with Crippen molar-refractivity contribution in [2.24, 2.45) is 17.3 Å². The van der Waals surface area contributed by atoms with Gasteiger partial charge in [-0.3, -0.25) is 0 Å². The van der Waals surface area contributed by atoms with Gasteiger partial charge < -0.3 is 0 Å². The minimum absolute atomic E-state index is 0.892. The van der Waals surface area contributed by atoms with E-state index < -0.39 is 0 Å². The first kappa shape index (κ1) is 8.59. The van der Waals surface area contributed by atoms with Gasteiger partial charge in [0.15, 0.2) is 0 Å². The zero-order chi connectivity index (χ0) is 8.60. The first-order valence-electron chi connectivity index (χ1n) is 5.77. The van der Waals surface area contributed by atoms with Crippen LogP contribution in [-0.2, 0) is 0 Å². The van der Waals surface area contributed by atoms with Gasteiger partial charge in [-0.05, 0) is 49.4 Å². The summed E-state index contributed by atoms with van der Waals surface area (Å²) in [7, 11) is 0. The molecule has 12 heavy (non-hydrogen) atoms. The Morgan fingerprint density at radius 2 is 2.08 bits per heavy atom. The number of hydrogen-bond acceptors (Lipinski definition) is 0. The quantitative estimate of drug-likeness (QED) is 0.594. The third-order valence-electron chi connectivity index (χ3n) is 4.37. The van der Waals surface area contributed by atoms with E-state index in [1.807, 2.05) is 0 Å². The van der Waals surface area contributed by atoms with Crippen LogP contribution in [0.15, 0.2) is 0 Å². The summed E-state index contributed by atoms with van der Waals surface area (Å²) >= 11 is 0. The minimum atomic E-state index is 0.892. The normalized spacial score (nSPS) is 34.0. The zero-order valence-electron chi connectivity index (χ0n) is 8.60. The Balaban J connectivity index is 1.87. The first-order valence-corrected chi connectivity index (χ1v) is 5.77. The smallest absolute Gasteiger partial charge is 0.0269 e. The van der Waals surface area contributed by atoms with Gasteiger partial charge in [0.2, 0.25) is 0 Å². The van der Waals surface area contributed by atoms with Crippen molar-refractivity contribution in [3.05, 3.63) is 0 Å².